The van der Waals surface area contributed by atoms with Crippen molar-refractivity contribution in [2.24, 2.45) is 0 Å². The summed E-state index contributed by atoms with van der Waals surface area (Å²) in [5.41, 5.74) is 1.06. The number of hydrogen-bond donors (Lipinski definition) is 2. The lowest BCUT2D eigenvalue weighted by molar-refractivity contribution is 0.371. The average molecular weight is 361 g/mol. The Balaban J connectivity index is 2.21. The van der Waals surface area contributed by atoms with Crippen LogP contribution in [0.3, 0.4) is 0 Å². The molecule has 0 bridgehead atoms. The maximum absolute atomic E-state index is 13.6. The van der Waals surface area contributed by atoms with Gasteiger partial charge in [-0.1, -0.05) is 17.7 Å². The van der Waals surface area contributed by atoms with Gasteiger partial charge in [-0.05, 0) is 45.8 Å². The summed E-state index contributed by atoms with van der Waals surface area (Å²) in [4.78, 5) is 0. The molecule has 0 aliphatic carbocycles. The molecule has 0 saturated carbocycles. The zero-order valence-electron chi connectivity index (χ0n) is 10.6. The van der Waals surface area contributed by atoms with Gasteiger partial charge >= 0.3 is 0 Å². The molecule has 0 aliphatic rings. The summed E-state index contributed by atoms with van der Waals surface area (Å²) >= 11 is 9.17. The fourth-order valence-corrected chi connectivity index (χ4v) is 2.46. The zero-order chi connectivity index (χ0) is 14.7. The second-order valence-corrected chi connectivity index (χ2v) is 5.34. The van der Waals surface area contributed by atoms with Crippen LogP contribution >= 0.6 is 27.5 Å². The lowest BCUT2D eigenvalue weighted by Crippen LogP contribution is -2.02. The summed E-state index contributed by atoms with van der Waals surface area (Å²) in [5, 5.41) is 13.0. The predicted octanol–water partition coefficient (Wildman–Crippen LogP) is 4.57. The van der Waals surface area contributed by atoms with Crippen LogP contribution in [0.15, 0.2) is 34.8 Å². The van der Waals surface area contributed by atoms with Gasteiger partial charge in [0, 0.05) is 6.54 Å². The number of rotatable bonds is 4. The van der Waals surface area contributed by atoms with Crippen LogP contribution in [0.2, 0.25) is 5.02 Å². The van der Waals surface area contributed by atoms with E-state index in [1.807, 2.05) is 0 Å². The number of phenolic OH excluding ortho intramolecular Hbond substituents is 1. The Hall–Kier alpha value is -1.46. The van der Waals surface area contributed by atoms with Crippen LogP contribution in [0.5, 0.6) is 11.5 Å². The van der Waals surface area contributed by atoms with E-state index >= 15 is 0 Å². The zero-order valence-corrected chi connectivity index (χ0v) is 12.9. The Morgan fingerprint density at radius 3 is 2.80 bits per heavy atom. The van der Waals surface area contributed by atoms with Crippen molar-refractivity contribution in [3.63, 3.8) is 0 Å². The van der Waals surface area contributed by atoms with Gasteiger partial charge in [-0.15, -0.1) is 0 Å². The third-order valence-electron chi connectivity index (χ3n) is 2.74. The first-order valence-corrected chi connectivity index (χ1v) is 6.93. The van der Waals surface area contributed by atoms with Gasteiger partial charge in [0.05, 0.1) is 22.3 Å². The second-order valence-electron chi connectivity index (χ2n) is 4.08. The van der Waals surface area contributed by atoms with Crippen LogP contribution in [0, 0.1) is 5.82 Å². The highest BCUT2D eigenvalue weighted by atomic mass is 79.9. The number of halogens is 3. The van der Waals surface area contributed by atoms with Crippen LogP contribution < -0.4 is 10.1 Å². The molecule has 0 atom stereocenters. The summed E-state index contributed by atoms with van der Waals surface area (Å²) in [6, 6.07) is 7.88. The van der Waals surface area contributed by atoms with E-state index in [-0.39, 0.29) is 11.4 Å². The first kappa shape index (κ1) is 14.9. The Morgan fingerprint density at radius 1 is 1.40 bits per heavy atom. The Bertz CT molecular complexity index is 617. The summed E-state index contributed by atoms with van der Waals surface area (Å²) in [6.07, 6.45) is 0. The van der Waals surface area contributed by atoms with Gasteiger partial charge in [0.1, 0.15) is 5.82 Å². The van der Waals surface area contributed by atoms with Crippen LogP contribution in [0.25, 0.3) is 0 Å². The number of ether oxygens (including phenoxy) is 1. The Kier molecular flexibility index (Phi) is 4.73. The van der Waals surface area contributed by atoms with Crippen molar-refractivity contribution in [3.05, 3.63) is 51.2 Å². The van der Waals surface area contributed by atoms with E-state index in [1.165, 1.54) is 13.2 Å². The van der Waals surface area contributed by atoms with E-state index in [0.29, 0.717) is 21.8 Å². The SMILES string of the molecule is COc1cc(CNc2c(F)cccc2Cl)cc(Br)c1O. The number of methoxy groups -OCH3 is 1. The number of anilines is 1. The van der Waals surface area contributed by atoms with E-state index in [1.54, 1.807) is 24.3 Å². The number of benzene rings is 2. The molecule has 6 heteroatoms. The Labute approximate surface area is 129 Å². The lowest BCUT2D eigenvalue weighted by atomic mass is 10.2. The van der Waals surface area contributed by atoms with Crippen LogP contribution in [0.4, 0.5) is 10.1 Å². The molecule has 0 amide bonds. The van der Waals surface area contributed by atoms with Crippen molar-refractivity contribution in [2.45, 2.75) is 6.54 Å². The van der Waals surface area contributed by atoms with E-state index in [9.17, 15) is 9.50 Å². The van der Waals surface area contributed by atoms with E-state index < -0.39 is 5.82 Å². The Morgan fingerprint density at radius 2 is 2.15 bits per heavy atom. The fraction of sp³-hybridized carbons (Fsp3) is 0.143. The summed E-state index contributed by atoms with van der Waals surface area (Å²) < 4.78 is 19.2. The molecule has 0 unspecified atom stereocenters. The lowest BCUT2D eigenvalue weighted by Gasteiger charge is -2.12. The molecule has 0 aliphatic heterocycles. The van der Waals surface area contributed by atoms with E-state index in [2.05, 4.69) is 21.2 Å². The standard InChI is InChI=1S/C14H12BrClFNO2/c1-20-12-6-8(5-9(15)14(12)19)7-18-13-10(16)3-2-4-11(13)17/h2-6,18-19H,7H2,1H3. The maximum Gasteiger partial charge on any atom is 0.172 e. The van der Waals surface area contributed by atoms with Gasteiger partial charge in [0.2, 0.25) is 0 Å². The molecule has 0 aromatic heterocycles. The number of hydrogen-bond acceptors (Lipinski definition) is 3. The molecule has 2 rings (SSSR count). The number of para-hydroxylation sites is 1. The molecule has 0 saturated heterocycles. The van der Waals surface area contributed by atoms with E-state index in [4.69, 9.17) is 16.3 Å². The van der Waals surface area contributed by atoms with Gasteiger partial charge in [-0.25, -0.2) is 4.39 Å². The molecule has 2 aromatic rings. The summed E-state index contributed by atoms with van der Waals surface area (Å²) in [7, 11) is 1.46. The molecule has 20 heavy (non-hydrogen) atoms. The minimum absolute atomic E-state index is 0.0279. The van der Waals surface area contributed by atoms with Crippen LogP contribution in [0.1, 0.15) is 5.56 Å². The van der Waals surface area contributed by atoms with Crippen molar-refractivity contribution in [1.82, 2.24) is 0 Å². The second kappa shape index (κ2) is 6.33. The van der Waals surface area contributed by atoms with Crippen LogP contribution in [-0.4, -0.2) is 12.2 Å². The first-order chi connectivity index (χ1) is 9.52. The van der Waals surface area contributed by atoms with Crippen molar-refractivity contribution >= 4 is 33.2 Å². The third kappa shape index (κ3) is 3.16. The first-order valence-electron chi connectivity index (χ1n) is 5.76. The molecule has 0 heterocycles. The quantitative estimate of drug-likeness (QED) is 0.839. The van der Waals surface area contributed by atoms with Gasteiger partial charge in [0.25, 0.3) is 0 Å². The van der Waals surface area contributed by atoms with E-state index in [0.717, 1.165) is 5.56 Å². The minimum Gasteiger partial charge on any atom is -0.503 e. The minimum atomic E-state index is -0.415. The highest BCUT2D eigenvalue weighted by molar-refractivity contribution is 9.10. The maximum atomic E-state index is 13.6. The molecule has 0 fully saturated rings. The molecule has 3 nitrogen and oxygen atoms in total. The van der Waals surface area contributed by atoms with Crippen molar-refractivity contribution in [1.29, 1.82) is 0 Å². The highest BCUT2D eigenvalue weighted by Crippen LogP contribution is 2.35. The average Bonchev–Trinajstić information content (AvgIpc) is 2.42. The van der Waals surface area contributed by atoms with Crippen molar-refractivity contribution in [2.75, 3.05) is 12.4 Å². The highest BCUT2D eigenvalue weighted by Gasteiger charge is 2.10. The normalized spacial score (nSPS) is 10.4. The van der Waals surface area contributed by atoms with Gasteiger partial charge in [-0.3, -0.25) is 0 Å². The molecular formula is C14H12BrClFNO2. The third-order valence-corrected chi connectivity index (χ3v) is 3.66. The van der Waals surface area contributed by atoms with Gasteiger partial charge in [-0.2, -0.15) is 0 Å². The molecule has 106 valence electrons. The van der Waals surface area contributed by atoms with Gasteiger partial charge < -0.3 is 15.2 Å². The largest absolute Gasteiger partial charge is 0.503 e. The van der Waals surface area contributed by atoms with Gasteiger partial charge in [0.15, 0.2) is 11.5 Å². The number of phenols is 1. The molecule has 2 aromatic carbocycles. The smallest absolute Gasteiger partial charge is 0.172 e. The summed E-state index contributed by atoms with van der Waals surface area (Å²) in [5.74, 6) is -0.0433. The molecule has 0 spiro atoms. The number of nitrogens with one attached hydrogen (secondary N) is 1. The van der Waals surface area contributed by atoms with Crippen molar-refractivity contribution < 1.29 is 14.2 Å². The fourth-order valence-electron chi connectivity index (χ4n) is 1.74. The van der Waals surface area contributed by atoms with Crippen molar-refractivity contribution in [3.8, 4) is 11.5 Å². The van der Waals surface area contributed by atoms with Crippen LogP contribution in [-0.2, 0) is 6.54 Å². The topological polar surface area (TPSA) is 41.5 Å². The monoisotopic (exact) mass is 359 g/mol. The molecule has 0 radical (unpaired) electrons. The predicted molar refractivity (Wildman–Crippen MR) is 81.1 cm³/mol. The molecule has 2 N–H and O–H groups in total. The molecular weight excluding hydrogens is 349 g/mol. The summed E-state index contributed by atoms with van der Waals surface area (Å²) in [6.45, 7) is 0.343. The number of aromatic hydroxyl groups is 1.